The summed E-state index contributed by atoms with van der Waals surface area (Å²) >= 11 is 4.92. The first-order valence-corrected chi connectivity index (χ1v) is 6.81. The molecule has 1 fully saturated rings. The molecule has 1 aliphatic heterocycles. The van der Waals surface area contributed by atoms with Crippen LogP contribution in [0.2, 0.25) is 0 Å². The Hall–Kier alpha value is -1.73. The summed E-state index contributed by atoms with van der Waals surface area (Å²) in [5.41, 5.74) is 7.33. The zero-order valence-corrected chi connectivity index (χ0v) is 12.2. The minimum Gasteiger partial charge on any atom is -0.453 e. The smallest absolute Gasteiger partial charge is 0.407 e. The molecule has 0 aliphatic carbocycles. The highest BCUT2D eigenvalue weighted by molar-refractivity contribution is 7.80. The number of pyridine rings is 1. The van der Waals surface area contributed by atoms with Crippen molar-refractivity contribution in [2.75, 3.05) is 20.2 Å². The Morgan fingerprint density at radius 3 is 3.20 bits per heavy atom. The van der Waals surface area contributed by atoms with Gasteiger partial charge in [0.05, 0.1) is 12.8 Å². The maximum atomic E-state index is 11.2. The summed E-state index contributed by atoms with van der Waals surface area (Å²) in [5.74, 6) is 0. The Labute approximate surface area is 123 Å². The molecule has 1 aliphatic rings. The van der Waals surface area contributed by atoms with Crippen molar-refractivity contribution < 1.29 is 9.53 Å². The highest BCUT2D eigenvalue weighted by atomic mass is 32.1. The number of aromatic nitrogens is 1. The molecule has 1 aromatic heterocycles. The van der Waals surface area contributed by atoms with Gasteiger partial charge in [-0.3, -0.25) is 9.88 Å². The first kappa shape index (κ1) is 14.7. The van der Waals surface area contributed by atoms with Crippen molar-refractivity contribution in [1.29, 1.82) is 0 Å². The van der Waals surface area contributed by atoms with Crippen LogP contribution in [0.1, 0.15) is 17.7 Å². The molecule has 0 radical (unpaired) electrons. The van der Waals surface area contributed by atoms with Crippen LogP contribution in [-0.2, 0) is 11.3 Å². The number of carbonyl (C=O) groups is 1. The number of nitrogens with one attached hydrogen (secondary N) is 1. The molecule has 7 heteroatoms. The topological polar surface area (TPSA) is 80.5 Å². The lowest BCUT2D eigenvalue weighted by Crippen LogP contribution is -2.36. The van der Waals surface area contributed by atoms with Crippen molar-refractivity contribution in [2.45, 2.75) is 19.0 Å². The van der Waals surface area contributed by atoms with Crippen molar-refractivity contribution in [1.82, 2.24) is 15.2 Å². The quantitative estimate of drug-likeness (QED) is 0.794. The molecule has 0 bridgehead atoms. The van der Waals surface area contributed by atoms with Crippen molar-refractivity contribution >= 4 is 23.3 Å². The number of rotatable bonds is 4. The van der Waals surface area contributed by atoms with Gasteiger partial charge in [-0.05, 0) is 24.1 Å². The molecule has 2 heterocycles. The van der Waals surface area contributed by atoms with Crippen LogP contribution in [0.15, 0.2) is 18.3 Å². The Balaban J connectivity index is 1.90. The van der Waals surface area contributed by atoms with Crippen molar-refractivity contribution in [3.63, 3.8) is 0 Å². The molecule has 2 rings (SSSR count). The second-order valence-corrected chi connectivity index (χ2v) is 5.21. The predicted octanol–water partition coefficient (Wildman–Crippen LogP) is 0.646. The number of hydrogen-bond acceptors (Lipinski definition) is 5. The minimum atomic E-state index is -0.378. The SMILES string of the molecule is COC(=O)NC1CCN(Cc2ccnc(C(N)=S)c2)C1. The second kappa shape index (κ2) is 6.62. The van der Waals surface area contributed by atoms with E-state index in [9.17, 15) is 4.79 Å². The summed E-state index contributed by atoms with van der Waals surface area (Å²) in [6.45, 7) is 2.52. The third-order valence-corrected chi connectivity index (χ3v) is 3.47. The summed E-state index contributed by atoms with van der Waals surface area (Å²) in [7, 11) is 1.37. The van der Waals surface area contributed by atoms with Crippen LogP contribution in [0.5, 0.6) is 0 Å². The lowest BCUT2D eigenvalue weighted by atomic mass is 10.2. The van der Waals surface area contributed by atoms with E-state index in [1.807, 2.05) is 12.1 Å². The van der Waals surface area contributed by atoms with E-state index in [-0.39, 0.29) is 12.1 Å². The number of amides is 1. The third kappa shape index (κ3) is 3.88. The molecule has 1 atom stereocenters. The van der Waals surface area contributed by atoms with Crippen LogP contribution in [-0.4, -0.2) is 47.2 Å². The minimum absolute atomic E-state index is 0.138. The first-order valence-electron chi connectivity index (χ1n) is 6.40. The standard InChI is InChI=1S/C13H18N4O2S/c1-19-13(18)16-10-3-5-17(8-10)7-9-2-4-15-11(6-9)12(14)20/h2,4,6,10H,3,5,7-8H2,1H3,(H2,14,20)(H,16,18). The van der Waals surface area contributed by atoms with E-state index in [0.29, 0.717) is 10.7 Å². The van der Waals surface area contributed by atoms with E-state index in [1.54, 1.807) is 6.20 Å². The zero-order valence-electron chi connectivity index (χ0n) is 11.3. The maximum absolute atomic E-state index is 11.2. The lowest BCUT2D eigenvalue weighted by Gasteiger charge is -2.16. The normalized spacial score (nSPS) is 18.8. The molecule has 108 valence electrons. The highest BCUT2D eigenvalue weighted by Crippen LogP contribution is 2.14. The van der Waals surface area contributed by atoms with Gasteiger partial charge in [-0.15, -0.1) is 0 Å². The summed E-state index contributed by atoms with van der Waals surface area (Å²) in [6, 6.07) is 3.99. The summed E-state index contributed by atoms with van der Waals surface area (Å²) in [5, 5.41) is 2.82. The molecular formula is C13H18N4O2S. The van der Waals surface area contributed by atoms with Crippen LogP contribution in [0.4, 0.5) is 4.79 Å². The number of likely N-dealkylation sites (tertiary alicyclic amines) is 1. The molecule has 1 aromatic rings. The van der Waals surface area contributed by atoms with E-state index < -0.39 is 0 Å². The van der Waals surface area contributed by atoms with Crippen molar-refractivity contribution in [2.24, 2.45) is 5.73 Å². The van der Waals surface area contributed by atoms with Gasteiger partial charge in [-0.1, -0.05) is 12.2 Å². The van der Waals surface area contributed by atoms with Gasteiger partial charge in [0.25, 0.3) is 0 Å². The van der Waals surface area contributed by atoms with E-state index in [0.717, 1.165) is 31.6 Å². The molecule has 20 heavy (non-hydrogen) atoms. The van der Waals surface area contributed by atoms with E-state index in [2.05, 4.69) is 19.9 Å². The molecule has 6 nitrogen and oxygen atoms in total. The van der Waals surface area contributed by atoms with Gasteiger partial charge < -0.3 is 15.8 Å². The van der Waals surface area contributed by atoms with Crippen LogP contribution in [0, 0.1) is 0 Å². The van der Waals surface area contributed by atoms with Gasteiger partial charge in [0.15, 0.2) is 0 Å². The van der Waals surface area contributed by atoms with E-state index >= 15 is 0 Å². The number of alkyl carbamates (subject to hydrolysis) is 1. The second-order valence-electron chi connectivity index (χ2n) is 4.77. The monoisotopic (exact) mass is 294 g/mol. The number of thiocarbonyl (C=S) groups is 1. The van der Waals surface area contributed by atoms with Crippen LogP contribution >= 0.6 is 12.2 Å². The molecule has 0 saturated carbocycles. The summed E-state index contributed by atoms with van der Waals surface area (Å²) in [4.78, 5) is 17.9. The van der Waals surface area contributed by atoms with Crippen LogP contribution in [0.25, 0.3) is 0 Å². The summed E-state index contributed by atoms with van der Waals surface area (Å²) in [6.07, 6.45) is 2.25. The number of carbonyl (C=O) groups excluding carboxylic acids is 1. The van der Waals surface area contributed by atoms with E-state index in [4.69, 9.17) is 18.0 Å². The van der Waals surface area contributed by atoms with Gasteiger partial charge in [0.1, 0.15) is 4.99 Å². The van der Waals surface area contributed by atoms with Crippen LogP contribution < -0.4 is 11.1 Å². The van der Waals surface area contributed by atoms with Gasteiger partial charge >= 0.3 is 6.09 Å². The number of ether oxygens (including phenoxy) is 1. The highest BCUT2D eigenvalue weighted by Gasteiger charge is 2.24. The number of methoxy groups -OCH3 is 1. The maximum Gasteiger partial charge on any atom is 0.407 e. The van der Waals surface area contributed by atoms with Gasteiger partial charge in [0.2, 0.25) is 0 Å². The Morgan fingerprint density at radius 1 is 1.70 bits per heavy atom. The number of nitrogens with zero attached hydrogens (tertiary/aromatic N) is 2. The van der Waals surface area contributed by atoms with Gasteiger partial charge in [-0.25, -0.2) is 4.79 Å². The van der Waals surface area contributed by atoms with Gasteiger partial charge in [0, 0.05) is 31.9 Å². The Bertz CT molecular complexity index is 509. The Morgan fingerprint density at radius 2 is 2.50 bits per heavy atom. The summed E-state index contributed by atoms with van der Waals surface area (Å²) < 4.78 is 4.60. The predicted molar refractivity (Wildman–Crippen MR) is 79.3 cm³/mol. The molecule has 0 spiro atoms. The van der Waals surface area contributed by atoms with Crippen molar-refractivity contribution in [3.05, 3.63) is 29.6 Å². The molecule has 1 unspecified atom stereocenters. The Kier molecular flexibility index (Phi) is 4.86. The molecule has 1 amide bonds. The molecule has 0 aromatic carbocycles. The lowest BCUT2D eigenvalue weighted by molar-refractivity contribution is 0.166. The number of hydrogen-bond donors (Lipinski definition) is 2. The molecular weight excluding hydrogens is 276 g/mol. The average Bonchev–Trinajstić information content (AvgIpc) is 2.86. The third-order valence-electron chi connectivity index (χ3n) is 3.26. The zero-order chi connectivity index (χ0) is 14.5. The fraction of sp³-hybridized carbons (Fsp3) is 0.462. The van der Waals surface area contributed by atoms with Gasteiger partial charge in [-0.2, -0.15) is 0 Å². The van der Waals surface area contributed by atoms with E-state index in [1.165, 1.54) is 7.11 Å². The van der Waals surface area contributed by atoms with Crippen LogP contribution in [0.3, 0.4) is 0 Å². The first-order chi connectivity index (χ1) is 9.58. The largest absolute Gasteiger partial charge is 0.453 e. The average molecular weight is 294 g/mol. The fourth-order valence-electron chi connectivity index (χ4n) is 2.29. The fourth-order valence-corrected chi connectivity index (χ4v) is 2.40. The van der Waals surface area contributed by atoms with Crippen molar-refractivity contribution in [3.8, 4) is 0 Å². The number of nitrogens with two attached hydrogens (primary N) is 1. The molecule has 1 saturated heterocycles. The molecule has 3 N–H and O–H groups in total.